The van der Waals surface area contributed by atoms with Gasteiger partial charge in [0.05, 0.1) is 12.3 Å². The van der Waals surface area contributed by atoms with Crippen LogP contribution in [0.1, 0.15) is 0 Å². The monoisotopic (exact) mass is 116 g/mol. The summed E-state index contributed by atoms with van der Waals surface area (Å²) in [5, 5.41) is 3.67. The van der Waals surface area contributed by atoms with Crippen LogP contribution >= 0.6 is 11.8 Å². The van der Waals surface area contributed by atoms with Crippen molar-refractivity contribution < 1.29 is 4.79 Å². The lowest BCUT2D eigenvalue weighted by Crippen LogP contribution is -2.25. The molecule has 1 radical (unpaired) electrons. The molecular weight excluding hydrogens is 110 g/mol. The summed E-state index contributed by atoms with van der Waals surface area (Å²) in [7, 11) is 0. The Morgan fingerprint density at radius 1 is 1.71 bits per heavy atom. The summed E-state index contributed by atoms with van der Waals surface area (Å²) in [6, 6.07) is 0. The highest BCUT2D eigenvalue weighted by Crippen LogP contribution is 2.02. The summed E-state index contributed by atoms with van der Waals surface area (Å²) in [5.74, 6) is 1.67. The van der Waals surface area contributed by atoms with Crippen molar-refractivity contribution in [3.05, 3.63) is 0 Å². The van der Waals surface area contributed by atoms with Gasteiger partial charge in [0.2, 0.25) is 0 Å². The molecule has 3 heteroatoms. The second kappa shape index (κ2) is 2.21. The van der Waals surface area contributed by atoms with Crippen molar-refractivity contribution in [2.75, 3.05) is 18.1 Å². The summed E-state index contributed by atoms with van der Waals surface area (Å²) >= 11 is 1.66. The van der Waals surface area contributed by atoms with Crippen molar-refractivity contribution in [3.63, 3.8) is 0 Å². The molecule has 0 aromatic heterocycles. The van der Waals surface area contributed by atoms with E-state index in [-0.39, 0.29) is 5.91 Å². The van der Waals surface area contributed by atoms with Gasteiger partial charge in [0.25, 0.3) is 5.91 Å². The molecule has 1 fully saturated rings. The first-order valence-corrected chi connectivity index (χ1v) is 3.33. The highest BCUT2D eigenvalue weighted by molar-refractivity contribution is 8.00. The molecule has 7 heavy (non-hydrogen) atoms. The van der Waals surface area contributed by atoms with E-state index >= 15 is 0 Å². The predicted octanol–water partition coefficient (Wildman–Crippen LogP) is -0.136. The average Bonchev–Trinajstić information content (AvgIpc) is 1.69. The molecule has 0 unspecified atom stereocenters. The van der Waals surface area contributed by atoms with Crippen molar-refractivity contribution in [1.82, 2.24) is 5.32 Å². The SMILES string of the molecule is O=C1CSCC[N]1. The normalized spacial score (nSPS) is 21.4. The zero-order valence-corrected chi connectivity index (χ0v) is 4.70. The molecule has 1 saturated heterocycles. The quantitative estimate of drug-likeness (QED) is 0.441. The van der Waals surface area contributed by atoms with E-state index < -0.39 is 0 Å². The van der Waals surface area contributed by atoms with Gasteiger partial charge in [-0.3, -0.25) is 4.79 Å². The number of carbonyl (C=O) groups excluding carboxylic acids is 1. The summed E-state index contributed by atoms with van der Waals surface area (Å²) in [5.41, 5.74) is 0. The van der Waals surface area contributed by atoms with Gasteiger partial charge in [0, 0.05) is 5.75 Å². The summed E-state index contributed by atoms with van der Waals surface area (Å²) < 4.78 is 0. The second-order valence-corrected chi connectivity index (χ2v) is 2.43. The number of amides is 1. The molecule has 1 amide bonds. The van der Waals surface area contributed by atoms with Crippen LogP contribution in [0.5, 0.6) is 0 Å². The van der Waals surface area contributed by atoms with E-state index in [1.165, 1.54) is 0 Å². The third-order valence-electron chi connectivity index (χ3n) is 0.749. The molecule has 1 heterocycles. The van der Waals surface area contributed by atoms with Crippen molar-refractivity contribution >= 4 is 17.7 Å². The van der Waals surface area contributed by atoms with E-state index in [1.54, 1.807) is 11.8 Å². The van der Waals surface area contributed by atoms with Crippen LogP contribution in [-0.2, 0) is 4.79 Å². The van der Waals surface area contributed by atoms with Crippen molar-refractivity contribution in [2.24, 2.45) is 0 Å². The van der Waals surface area contributed by atoms with Crippen LogP contribution in [0.3, 0.4) is 0 Å². The lowest BCUT2D eigenvalue weighted by Gasteiger charge is -2.05. The Morgan fingerprint density at radius 2 is 2.57 bits per heavy atom. The van der Waals surface area contributed by atoms with Gasteiger partial charge in [0.1, 0.15) is 0 Å². The Morgan fingerprint density at radius 3 is 2.86 bits per heavy atom. The number of thioether (sulfide) groups is 1. The molecule has 0 aliphatic carbocycles. The molecule has 0 bridgehead atoms. The summed E-state index contributed by atoms with van der Waals surface area (Å²) in [6.07, 6.45) is 0. The Balaban J connectivity index is 2.25. The first-order valence-electron chi connectivity index (χ1n) is 2.17. The Hall–Kier alpha value is -0.180. The predicted molar refractivity (Wildman–Crippen MR) is 29.3 cm³/mol. The topological polar surface area (TPSA) is 31.2 Å². The molecular formula is C4H6NOS. The van der Waals surface area contributed by atoms with Gasteiger partial charge in [-0.15, -0.1) is 0 Å². The van der Waals surface area contributed by atoms with E-state index in [0.29, 0.717) is 5.75 Å². The van der Waals surface area contributed by atoms with Crippen molar-refractivity contribution in [3.8, 4) is 0 Å². The fourth-order valence-corrected chi connectivity index (χ4v) is 1.07. The van der Waals surface area contributed by atoms with Crippen LogP contribution < -0.4 is 5.32 Å². The molecule has 0 N–H and O–H groups in total. The minimum Gasteiger partial charge on any atom is -0.272 e. The minimum atomic E-state index is 0.0521. The van der Waals surface area contributed by atoms with E-state index in [0.717, 1.165) is 12.3 Å². The van der Waals surface area contributed by atoms with Gasteiger partial charge < -0.3 is 0 Å². The fraction of sp³-hybridized carbons (Fsp3) is 0.750. The van der Waals surface area contributed by atoms with Crippen LogP contribution in [0.15, 0.2) is 0 Å². The lowest BCUT2D eigenvalue weighted by molar-refractivity contribution is -0.118. The fourth-order valence-electron chi connectivity index (χ4n) is 0.440. The minimum absolute atomic E-state index is 0.0521. The van der Waals surface area contributed by atoms with Crippen LogP contribution in [0.25, 0.3) is 0 Å². The molecule has 1 aliphatic heterocycles. The Kier molecular flexibility index (Phi) is 1.57. The van der Waals surface area contributed by atoms with Gasteiger partial charge in [-0.25, -0.2) is 5.32 Å². The van der Waals surface area contributed by atoms with Crippen LogP contribution in [0.4, 0.5) is 0 Å². The largest absolute Gasteiger partial charge is 0.272 e. The summed E-state index contributed by atoms with van der Waals surface area (Å²) in [6.45, 7) is 0.726. The third kappa shape index (κ3) is 1.39. The first kappa shape index (κ1) is 4.97. The van der Waals surface area contributed by atoms with Crippen molar-refractivity contribution in [2.45, 2.75) is 0 Å². The Labute approximate surface area is 46.7 Å². The molecule has 0 atom stereocenters. The first-order chi connectivity index (χ1) is 3.39. The van der Waals surface area contributed by atoms with Gasteiger partial charge in [-0.2, -0.15) is 11.8 Å². The maximum atomic E-state index is 10.3. The highest BCUT2D eigenvalue weighted by Gasteiger charge is 2.06. The smallest absolute Gasteiger partial charge is 0.251 e. The van der Waals surface area contributed by atoms with Crippen LogP contribution in [0, 0.1) is 0 Å². The highest BCUT2D eigenvalue weighted by atomic mass is 32.2. The Bertz CT molecular complexity index is 75.8. The second-order valence-electron chi connectivity index (χ2n) is 1.33. The maximum Gasteiger partial charge on any atom is 0.251 e. The number of carbonyl (C=O) groups is 1. The zero-order chi connectivity index (χ0) is 5.11. The van der Waals surface area contributed by atoms with Crippen LogP contribution in [0.2, 0.25) is 0 Å². The van der Waals surface area contributed by atoms with E-state index in [1.807, 2.05) is 0 Å². The van der Waals surface area contributed by atoms with Crippen LogP contribution in [-0.4, -0.2) is 24.0 Å². The van der Waals surface area contributed by atoms with E-state index in [4.69, 9.17) is 0 Å². The van der Waals surface area contributed by atoms with Gasteiger partial charge >= 0.3 is 0 Å². The molecule has 1 aliphatic rings. The van der Waals surface area contributed by atoms with Crippen molar-refractivity contribution in [1.29, 1.82) is 0 Å². The van der Waals surface area contributed by atoms with Gasteiger partial charge in [0.15, 0.2) is 0 Å². The molecule has 0 aromatic carbocycles. The van der Waals surface area contributed by atoms with E-state index in [2.05, 4.69) is 5.32 Å². The molecule has 1 rings (SSSR count). The molecule has 0 saturated carbocycles. The third-order valence-corrected chi connectivity index (χ3v) is 1.67. The zero-order valence-electron chi connectivity index (χ0n) is 3.89. The average molecular weight is 116 g/mol. The maximum absolute atomic E-state index is 10.3. The van der Waals surface area contributed by atoms with E-state index in [9.17, 15) is 4.79 Å². The molecule has 0 spiro atoms. The number of nitrogens with zero attached hydrogens (tertiary/aromatic N) is 1. The molecule has 2 nitrogen and oxygen atoms in total. The number of hydrogen-bond donors (Lipinski definition) is 0. The number of rotatable bonds is 0. The lowest BCUT2D eigenvalue weighted by atomic mass is 10.6. The standard InChI is InChI=1S/C4H6NOS/c6-4-3-7-2-1-5-4/h1-3H2. The number of hydrogen-bond acceptors (Lipinski definition) is 2. The van der Waals surface area contributed by atoms with Gasteiger partial charge in [-0.05, 0) is 0 Å². The summed E-state index contributed by atoms with van der Waals surface area (Å²) in [4.78, 5) is 10.3. The molecule has 39 valence electrons. The van der Waals surface area contributed by atoms with Gasteiger partial charge in [-0.1, -0.05) is 0 Å². The molecule has 0 aromatic rings.